The first-order valence-electron chi connectivity index (χ1n) is 12.4. The normalized spacial score (nSPS) is 15.6. The molecule has 36 heavy (non-hydrogen) atoms. The Balaban J connectivity index is 1.22. The molecule has 1 aliphatic rings. The zero-order chi connectivity index (χ0) is 25.3. The van der Waals surface area contributed by atoms with E-state index in [1.807, 2.05) is 48.5 Å². The van der Waals surface area contributed by atoms with Gasteiger partial charge in [-0.2, -0.15) is 0 Å². The van der Waals surface area contributed by atoms with Crippen LogP contribution in [0.25, 0.3) is 21.6 Å². The summed E-state index contributed by atoms with van der Waals surface area (Å²) in [6.45, 7) is 8.03. The topological polar surface area (TPSA) is 64.2 Å². The average molecular weight is 523 g/mol. The molecule has 4 aromatic rings. The number of aryl methyl sites for hydroxylation is 1. The Kier molecular flexibility index (Phi) is 7.09. The van der Waals surface area contributed by atoms with Crippen LogP contribution in [0.2, 0.25) is 5.02 Å². The molecule has 0 amide bonds. The predicted octanol–water partition coefficient (Wildman–Crippen LogP) is 7.30. The molecular weight excluding hydrogens is 492 g/mol. The van der Waals surface area contributed by atoms with E-state index in [4.69, 9.17) is 26.1 Å². The van der Waals surface area contributed by atoms with Crippen molar-refractivity contribution in [2.75, 3.05) is 13.2 Å². The fraction of sp³-hybridized carbons (Fsp3) is 0.379. The number of fused-ring (bicyclic) bond motifs is 3. The van der Waals surface area contributed by atoms with Crippen LogP contribution in [-0.2, 0) is 12.8 Å². The number of nitrogens with one attached hydrogen (secondary N) is 1. The van der Waals surface area contributed by atoms with Gasteiger partial charge in [0.25, 0.3) is 5.56 Å². The summed E-state index contributed by atoms with van der Waals surface area (Å²) < 4.78 is 11.5. The van der Waals surface area contributed by atoms with E-state index < -0.39 is 0 Å². The number of hydrogen-bond donors (Lipinski definition) is 1. The van der Waals surface area contributed by atoms with E-state index in [0.29, 0.717) is 30.0 Å². The summed E-state index contributed by atoms with van der Waals surface area (Å²) in [6, 6.07) is 15.0. The molecule has 188 valence electrons. The maximum atomic E-state index is 13.0. The van der Waals surface area contributed by atoms with Crippen LogP contribution in [0.4, 0.5) is 0 Å². The zero-order valence-corrected chi connectivity index (χ0v) is 22.5. The Bertz CT molecular complexity index is 1400. The number of aromatic nitrogens is 2. The second-order valence-electron chi connectivity index (χ2n) is 10.4. The number of nitrogens with zero attached hydrogens (tertiary/aromatic N) is 1. The number of benzene rings is 2. The maximum Gasteiger partial charge on any atom is 0.260 e. The molecule has 0 fully saturated rings. The van der Waals surface area contributed by atoms with Crippen molar-refractivity contribution in [1.29, 1.82) is 0 Å². The van der Waals surface area contributed by atoms with Crippen molar-refractivity contribution in [3.63, 3.8) is 0 Å². The number of hydrogen-bond acceptors (Lipinski definition) is 5. The monoisotopic (exact) mass is 522 g/mol. The largest absolute Gasteiger partial charge is 0.493 e. The molecule has 5 rings (SSSR count). The van der Waals surface area contributed by atoms with E-state index in [0.717, 1.165) is 53.0 Å². The van der Waals surface area contributed by atoms with E-state index in [-0.39, 0.29) is 11.0 Å². The Morgan fingerprint density at radius 2 is 1.67 bits per heavy atom. The summed E-state index contributed by atoms with van der Waals surface area (Å²) in [6.07, 6.45) is 3.87. The molecule has 2 aromatic heterocycles. The molecule has 0 saturated heterocycles. The van der Waals surface area contributed by atoms with E-state index in [9.17, 15) is 4.79 Å². The molecule has 0 bridgehead atoms. The minimum absolute atomic E-state index is 0.0391. The van der Waals surface area contributed by atoms with Gasteiger partial charge in [-0.1, -0.05) is 32.4 Å². The second-order valence-corrected chi connectivity index (χ2v) is 12.0. The lowest BCUT2D eigenvalue weighted by Gasteiger charge is -2.33. The highest BCUT2D eigenvalue weighted by atomic mass is 35.5. The molecular formula is C29H31ClN2O3S. The van der Waals surface area contributed by atoms with Crippen LogP contribution < -0.4 is 15.0 Å². The highest BCUT2D eigenvalue weighted by molar-refractivity contribution is 7.18. The van der Waals surface area contributed by atoms with Gasteiger partial charge in [0.1, 0.15) is 22.2 Å². The Morgan fingerprint density at radius 1 is 1.03 bits per heavy atom. The number of ether oxygens (including phenoxy) is 2. The van der Waals surface area contributed by atoms with Gasteiger partial charge in [0, 0.05) is 21.9 Å². The molecule has 0 spiro atoms. The van der Waals surface area contributed by atoms with E-state index in [1.54, 1.807) is 11.3 Å². The van der Waals surface area contributed by atoms with Crippen LogP contribution in [0.1, 0.15) is 44.1 Å². The lowest BCUT2D eigenvalue weighted by Crippen LogP contribution is -2.26. The summed E-state index contributed by atoms with van der Waals surface area (Å²) in [5, 5.41) is 1.48. The summed E-state index contributed by atoms with van der Waals surface area (Å²) in [5.41, 5.74) is 2.31. The van der Waals surface area contributed by atoms with Crippen molar-refractivity contribution >= 4 is 33.2 Å². The number of halogens is 1. The van der Waals surface area contributed by atoms with Crippen molar-refractivity contribution in [2.24, 2.45) is 11.3 Å². The highest BCUT2D eigenvalue weighted by Gasteiger charge is 2.31. The van der Waals surface area contributed by atoms with Crippen molar-refractivity contribution in [1.82, 2.24) is 9.97 Å². The Labute approximate surface area is 220 Å². The number of H-pyrrole nitrogens is 1. The van der Waals surface area contributed by atoms with Gasteiger partial charge in [-0.25, -0.2) is 4.98 Å². The van der Waals surface area contributed by atoms with E-state index >= 15 is 0 Å². The van der Waals surface area contributed by atoms with Gasteiger partial charge in [-0.15, -0.1) is 11.3 Å². The molecule has 0 saturated carbocycles. The highest BCUT2D eigenvalue weighted by Crippen LogP contribution is 2.42. The smallest absolute Gasteiger partial charge is 0.260 e. The molecule has 1 atom stereocenters. The SMILES string of the molecule is CC(C)(C)C1CCc2c(sc3nc(-c4ccc(OCCCOc5ccc(Cl)cc5)cc4)[nH]c(=O)c23)C1. The third kappa shape index (κ3) is 5.45. The second kappa shape index (κ2) is 10.3. The van der Waals surface area contributed by atoms with Gasteiger partial charge in [-0.3, -0.25) is 4.79 Å². The summed E-state index contributed by atoms with van der Waals surface area (Å²) in [4.78, 5) is 23.1. The average Bonchev–Trinajstić information content (AvgIpc) is 3.23. The van der Waals surface area contributed by atoms with Crippen molar-refractivity contribution in [3.8, 4) is 22.9 Å². The Morgan fingerprint density at radius 3 is 2.31 bits per heavy atom. The predicted molar refractivity (Wildman–Crippen MR) is 148 cm³/mol. The molecule has 5 nitrogen and oxygen atoms in total. The molecule has 1 unspecified atom stereocenters. The summed E-state index contributed by atoms with van der Waals surface area (Å²) >= 11 is 7.58. The zero-order valence-electron chi connectivity index (χ0n) is 20.9. The van der Waals surface area contributed by atoms with Crippen molar-refractivity contribution in [3.05, 3.63) is 74.3 Å². The lowest BCUT2D eigenvalue weighted by molar-refractivity contribution is 0.218. The lowest BCUT2D eigenvalue weighted by atomic mass is 9.72. The molecule has 1 aliphatic carbocycles. The first kappa shape index (κ1) is 24.8. The third-order valence-electron chi connectivity index (χ3n) is 6.91. The molecule has 0 aliphatic heterocycles. The van der Waals surface area contributed by atoms with E-state index in [2.05, 4.69) is 25.8 Å². The quantitative estimate of drug-likeness (QED) is 0.258. The van der Waals surface area contributed by atoms with Gasteiger partial charge in [0.05, 0.1) is 18.6 Å². The molecule has 7 heteroatoms. The fourth-order valence-electron chi connectivity index (χ4n) is 4.74. The summed E-state index contributed by atoms with van der Waals surface area (Å²) in [5.74, 6) is 2.80. The van der Waals surface area contributed by atoms with Crippen LogP contribution in [0.5, 0.6) is 11.5 Å². The maximum absolute atomic E-state index is 13.0. The third-order valence-corrected chi connectivity index (χ3v) is 8.31. The van der Waals surface area contributed by atoms with Crippen molar-refractivity contribution in [2.45, 2.75) is 46.5 Å². The van der Waals surface area contributed by atoms with Gasteiger partial charge < -0.3 is 14.5 Å². The van der Waals surface area contributed by atoms with Crippen molar-refractivity contribution < 1.29 is 9.47 Å². The van der Waals surface area contributed by atoms with Gasteiger partial charge in [0.2, 0.25) is 0 Å². The van der Waals surface area contributed by atoms with Crippen LogP contribution >= 0.6 is 22.9 Å². The van der Waals surface area contributed by atoms with Gasteiger partial charge >= 0.3 is 0 Å². The molecule has 2 aromatic carbocycles. The first-order valence-corrected chi connectivity index (χ1v) is 13.6. The fourth-order valence-corrected chi connectivity index (χ4v) is 6.16. The Hall–Kier alpha value is -2.83. The van der Waals surface area contributed by atoms with Gasteiger partial charge in [0.15, 0.2) is 0 Å². The molecule has 0 radical (unpaired) electrons. The number of aromatic amines is 1. The van der Waals surface area contributed by atoms with Crippen LogP contribution in [0.15, 0.2) is 53.3 Å². The standard InChI is InChI=1S/C29H31ClN2O3S/c1-29(2,3)19-7-14-23-24(17-19)36-28-25(23)27(33)31-26(32-28)18-5-10-21(11-6-18)34-15-4-16-35-22-12-8-20(30)9-13-22/h5-6,8-13,19H,4,7,14-17H2,1-3H3,(H,31,32,33). The summed E-state index contributed by atoms with van der Waals surface area (Å²) in [7, 11) is 0. The molecule has 2 heterocycles. The minimum Gasteiger partial charge on any atom is -0.493 e. The van der Waals surface area contributed by atoms with Crippen LogP contribution in [-0.4, -0.2) is 23.2 Å². The minimum atomic E-state index is -0.0391. The van der Waals surface area contributed by atoms with Crippen LogP contribution in [0, 0.1) is 11.3 Å². The number of thiophene rings is 1. The molecule has 1 N–H and O–H groups in total. The van der Waals surface area contributed by atoms with Gasteiger partial charge in [-0.05, 0) is 84.7 Å². The van der Waals surface area contributed by atoms with Crippen LogP contribution in [0.3, 0.4) is 0 Å². The van der Waals surface area contributed by atoms with E-state index in [1.165, 1.54) is 10.4 Å². The first-order chi connectivity index (χ1) is 17.3. The number of rotatable bonds is 7.